The molecule has 0 spiro atoms. The summed E-state index contributed by atoms with van der Waals surface area (Å²) in [4.78, 5) is 0. The predicted molar refractivity (Wildman–Crippen MR) is 135 cm³/mol. The van der Waals surface area contributed by atoms with Crippen LogP contribution in [0, 0.1) is 5.41 Å². The molecule has 0 aliphatic carbocycles. The summed E-state index contributed by atoms with van der Waals surface area (Å²) in [5.74, 6) is 0. The van der Waals surface area contributed by atoms with E-state index >= 15 is 0 Å². The van der Waals surface area contributed by atoms with Crippen LogP contribution in [0.25, 0.3) is 0 Å². The van der Waals surface area contributed by atoms with Gasteiger partial charge in [0, 0.05) is 21.1 Å². The number of halogens is 1. The molecule has 3 rings (SSSR count). The van der Waals surface area contributed by atoms with Crippen LogP contribution in [0.2, 0.25) is 0 Å². The standard InChI is InChI=1S/C26H24IN3/c1-20(24(19-29)25(27)17-18-28)30-26(21-11-5-2-6-12-21,22-13-7-3-8-14-22)23-15-9-4-10-16-23/h2-19,29-30H,1,28H2/b18-17-,25-24+,29-19?. The zero-order valence-corrected chi connectivity index (χ0v) is 18.7. The molecular formula is C26H24IN3. The highest BCUT2D eigenvalue weighted by atomic mass is 127. The van der Waals surface area contributed by atoms with Gasteiger partial charge in [0.05, 0.1) is 0 Å². The summed E-state index contributed by atoms with van der Waals surface area (Å²) < 4.78 is 0.839. The number of benzene rings is 3. The minimum Gasteiger partial charge on any atom is -0.405 e. The van der Waals surface area contributed by atoms with Gasteiger partial charge >= 0.3 is 0 Å². The lowest BCUT2D eigenvalue weighted by Crippen LogP contribution is -2.44. The molecule has 3 nitrogen and oxygen atoms in total. The van der Waals surface area contributed by atoms with Gasteiger partial charge in [0.15, 0.2) is 0 Å². The Morgan fingerprint density at radius 2 is 1.23 bits per heavy atom. The Morgan fingerprint density at radius 3 is 1.57 bits per heavy atom. The van der Waals surface area contributed by atoms with E-state index in [9.17, 15) is 0 Å². The minimum absolute atomic E-state index is 0.643. The van der Waals surface area contributed by atoms with Crippen molar-refractivity contribution in [3.8, 4) is 0 Å². The second-order valence-electron chi connectivity index (χ2n) is 6.72. The average Bonchev–Trinajstić information content (AvgIpc) is 2.80. The van der Waals surface area contributed by atoms with Gasteiger partial charge in [0.2, 0.25) is 0 Å². The van der Waals surface area contributed by atoms with Gasteiger partial charge in [-0.2, -0.15) is 0 Å². The van der Waals surface area contributed by atoms with E-state index in [1.165, 1.54) is 12.4 Å². The van der Waals surface area contributed by atoms with Crippen molar-refractivity contribution >= 4 is 28.8 Å². The molecule has 0 atom stereocenters. The Bertz CT molecular complexity index is 959. The molecule has 4 heteroatoms. The van der Waals surface area contributed by atoms with Crippen LogP contribution < -0.4 is 11.1 Å². The maximum Gasteiger partial charge on any atom is 0.114 e. The van der Waals surface area contributed by atoms with E-state index in [0.717, 1.165) is 20.3 Å². The molecule has 150 valence electrons. The Hall–Kier alpha value is -3.12. The molecular weight excluding hydrogens is 481 g/mol. The zero-order chi connectivity index (χ0) is 21.4. The second kappa shape index (κ2) is 10.1. The number of hydrogen-bond donors (Lipinski definition) is 3. The van der Waals surface area contributed by atoms with E-state index in [0.29, 0.717) is 11.3 Å². The van der Waals surface area contributed by atoms with Gasteiger partial charge in [-0.25, -0.2) is 0 Å². The van der Waals surface area contributed by atoms with Gasteiger partial charge in [-0.15, -0.1) is 0 Å². The van der Waals surface area contributed by atoms with Crippen molar-refractivity contribution < 1.29 is 0 Å². The zero-order valence-electron chi connectivity index (χ0n) is 16.6. The smallest absolute Gasteiger partial charge is 0.114 e. The van der Waals surface area contributed by atoms with Crippen LogP contribution in [0.4, 0.5) is 0 Å². The maximum absolute atomic E-state index is 7.96. The van der Waals surface area contributed by atoms with Gasteiger partial charge in [-0.05, 0) is 51.6 Å². The lowest BCUT2D eigenvalue weighted by Gasteiger charge is -2.38. The van der Waals surface area contributed by atoms with Crippen molar-refractivity contribution in [2.24, 2.45) is 5.73 Å². The van der Waals surface area contributed by atoms with Crippen molar-refractivity contribution in [2.45, 2.75) is 5.54 Å². The van der Waals surface area contributed by atoms with Crippen molar-refractivity contribution in [3.05, 3.63) is 141 Å². The van der Waals surface area contributed by atoms with Gasteiger partial charge in [0.25, 0.3) is 0 Å². The molecule has 4 N–H and O–H groups in total. The first kappa shape index (κ1) is 21.6. The Labute approximate surface area is 191 Å². The Balaban J connectivity index is 2.28. The van der Waals surface area contributed by atoms with Crippen molar-refractivity contribution in [1.82, 2.24) is 5.32 Å². The van der Waals surface area contributed by atoms with Crippen LogP contribution in [0.3, 0.4) is 0 Å². The van der Waals surface area contributed by atoms with E-state index in [1.54, 1.807) is 6.08 Å². The molecule has 0 aromatic heterocycles. The summed E-state index contributed by atoms with van der Waals surface area (Å²) in [5.41, 5.74) is 9.47. The third-order valence-electron chi connectivity index (χ3n) is 4.93. The van der Waals surface area contributed by atoms with Crippen LogP contribution >= 0.6 is 22.6 Å². The van der Waals surface area contributed by atoms with E-state index in [-0.39, 0.29) is 0 Å². The molecule has 0 bridgehead atoms. The number of nitrogens with one attached hydrogen (secondary N) is 2. The second-order valence-corrected chi connectivity index (χ2v) is 7.88. The molecule has 3 aromatic carbocycles. The molecule has 0 saturated heterocycles. The maximum atomic E-state index is 7.96. The first-order valence-corrected chi connectivity index (χ1v) is 10.6. The SMILES string of the molecule is C=C(NC(c1ccccc1)(c1ccccc1)c1ccccc1)/C(C=N)=C(I)\C=C/N. The highest BCUT2D eigenvalue weighted by Crippen LogP contribution is 2.38. The van der Waals surface area contributed by atoms with Crippen LogP contribution in [0.5, 0.6) is 0 Å². The van der Waals surface area contributed by atoms with Gasteiger partial charge in [-0.3, -0.25) is 0 Å². The summed E-state index contributed by atoms with van der Waals surface area (Å²) in [7, 11) is 0. The molecule has 0 amide bonds. The van der Waals surface area contributed by atoms with E-state index in [2.05, 4.69) is 70.9 Å². The van der Waals surface area contributed by atoms with Crippen LogP contribution in [0.15, 0.2) is 125 Å². The van der Waals surface area contributed by atoms with Crippen molar-refractivity contribution in [2.75, 3.05) is 0 Å². The fourth-order valence-corrected chi connectivity index (χ4v) is 4.24. The van der Waals surface area contributed by atoms with E-state index < -0.39 is 5.54 Å². The normalized spacial score (nSPS) is 12.3. The van der Waals surface area contributed by atoms with E-state index in [4.69, 9.17) is 11.1 Å². The average molecular weight is 505 g/mol. The highest BCUT2D eigenvalue weighted by Gasteiger charge is 2.36. The van der Waals surface area contributed by atoms with Crippen LogP contribution in [-0.4, -0.2) is 6.21 Å². The first-order chi connectivity index (χ1) is 14.6. The Morgan fingerprint density at radius 1 is 0.833 bits per heavy atom. The van der Waals surface area contributed by atoms with Crippen LogP contribution in [0.1, 0.15) is 16.7 Å². The molecule has 30 heavy (non-hydrogen) atoms. The monoisotopic (exact) mass is 505 g/mol. The van der Waals surface area contributed by atoms with Crippen molar-refractivity contribution in [3.63, 3.8) is 0 Å². The van der Waals surface area contributed by atoms with Crippen LogP contribution in [-0.2, 0) is 5.54 Å². The molecule has 0 saturated carbocycles. The first-order valence-electron chi connectivity index (χ1n) is 9.56. The molecule has 0 unspecified atom stereocenters. The summed E-state index contributed by atoms with van der Waals surface area (Å²) in [5, 5.41) is 11.6. The molecule has 3 aromatic rings. The topological polar surface area (TPSA) is 61.9 Å². The van der Waals surface area contributed by atoms with Gasteiger partial charge < -0.3 is 16.5 Å². The molecule has 0 fully saturated rings. The van der Waals surface area contributed by atoms with E-state index in [1.807, 2.05) is 54.6 Å². The summed E-state index contributed by atoms with van der Waals surface area (Å²) in [6.45, 7) is 4.29. The number of allylic oxidation sites excluding steroid dienone is 3. The fourth-order valence-electron chi connectivity index (χ4n) is 3.55. The molecule has 0 radical (unpaired) electrons. The van der Waals surface area contributed by atoms with Gasteiger partial charge in [0.1, 0.15) is 5.54 Å². The number of hydrogen-bond acceptors (Lipinski definition) is 3. The third kappa shape index (κ3) is 4.39. The minimum atomic E-state index is -0.682. The van der Waals surface area contributed by atoms with Crippen molar-refractivity contribution in [1.29, 1.82) is 5.41 Å². The molecule has 0 aliphatic heterocycles. The summed E-state index contributed by atoms with van der Waals surface area (Å²) in [6.07, 6.45) is 4.54. The van der Waals surface area contributed by atoms with Gasteiger partial charge in [-0.1, -0.05) is 97.6 Å². The highest BCUT2D eigenvalue weighted by molar-refractivity contribution is 14.1. The summed E-state index contributed by atoms with van der Waals surface area (Å²) >= 11 is 2.18. The largest absolute Gasteiger partial charge is 0.405 e. The molecule has 0 aliphatic rings. The quantitative estimate of drug-likeness (QED) is 0.155. The third-order valence-corrected chi connectivity index (χ3v) is 5.87. The fraction of sp³-hybridized carbons (Fsp3) is 0.0385. The Kier molecular flexibility index (Phi) is 7.25. The number of rotatable bonds is 8. The lowest BCUT2D eigenvalue weighted by molar-refractivity contribution is 0.536. The lowest BCUT2D eigenvalue weighted by atomic mass is 9.76. The molecule has 0 heterocycles. The number of nitrogens with two attached hydrogens (primary N) is 1. The summed E-state index contributed by atoms with van der Waals surface area (Å²) in [6, 6.07) is 30.9. The predicted octanol–water partition coefficient (Wildman–Crippen LogP) is 5.89.